The highest BCUT2D eigenvalue weighted by Crippen LogP contribution is 2.54. The second kappa shape index (κ2) is 1.76. The topological polar surface area (TPSA) is 20.2 Å². The van der Waals surface area contributed by atoms with Crippen molar-refractivity contribution in [2.45, 2.75) is 23.8 Å². The van der Waals surface area contributed by atoms with Gasteiger partial charge in [-0.3, -0.25) is 0 Å². The summed E-state index contributed by atoms with van der Waals surface area (Å²) in [6, 6.07) is 0. The van der Waals surface area contributed by atoms with Gasteiger partial charge in [-0.15, -0.1) is 23.2 Å². The number of hydrogen-bond acceptors (Lipinski definition) is 1. The molecule has 0 aromatic rings. The highest BCUT2D eigenvalue weighted by Gasteiger charge is 2.53. The summed E-state index contributed by atoms with van der Waals surface area (Å²) in [6.07, 6.45) is 0.373. The Balaban J connectivity index is 2.37. The quantitative estimate of drug-likeness (QED) is 0.569. The Labute approximate surface area is 58.6 Å². The number of hydrogen-bond donors (Lipinski definition) is 1. The van der Waals surface area contributed by atoms with Gasteiger partial charge >= 0.3 is 0 Å². The third-order valence-corrected chi connectivity index (χ3v) is 2.33. The molecule has 0 aliphatic heterocycles. The van der Waals surface area contributed by atoms with Crippen LogP contribution in [0.3, 0.4) is 0 Å². The van der Waals surface area contributed by atoms with Crippen molar-refractivity contribution in [1.82, 2.24) is 0 Å². The molecule has 1 aliphatic rings. The van der Waals surface area contributed by atoms with Crippen LogP contribution in [0.5, 0.6) is 0 Å². The maximum Gasteiger partial charge on any atom is 0.124 e. The highest BCUT2D eigenvalue weighted by molar-refractivity contribution is 6.50. The van der Waals surface area contributed by atoms with E-state index < -0.39 is 4.33 Å². The Morgan fingerprint density at radius 1 is 1.75 bits per heavy atom. The van der Waals surface area contributed by atoms with Crippen LogP contribution in [0.15, 0.2) is 0 Å². The second-order valence-corrected chi connectivity index (χ2v) is 3.85. The molecule has 0 aromatic carbocycles. The van der Waals surface area contributed by atoms with Gasteiger partial charge in [0.15, 0.2) is 0 Å². The average Bonchev–Trinajstić information content (AvgIpc) is 2.13. The van der Waals surface area contributed by atoms with Crippen LogP contribution in [0.1, 0.15) is 13.3 Å². The van der Waals surface area contributed by atoms with Crippen molar-refractivity contribution in [2.24, 2.45) is 5.92 Å². The molecule has 0 amide bonds. The van der Waals surface area contributed by atoms with Crippen LogP contribution in [0.2, 0.25) is 0 Å². The lowest BCUT2D eigenvalue weighted by Crippen LogP contribution is -2.07. The first-order chi connectivity index (χ1) is 3.54. The van der Waals surface area contributed by atoms with Crippen molar-refractivity contribution in [1.29, 1.82) is 0 Å². The van der Waals surface area contributed by atoms with Gasteiger partial charge in [0.25, 0.3) is 0 Å². The van der Waals surface area contributed by atoms with Crippen molar-refractivity contribution in [3.63, 3.8) is 0 Å². The standard InChI is InChI=1S/C5H8Cl2O/c1-3(8)4-2-5(4,6)7/h3-4,8H,2H2,1H3/t3-,4-/m1/s1. The van der Waals surface area contributed by atoms with E-state index in [-0.39, 0.29) is 12.0 Å². The molecule has 0 aromatic heterocycles. The summed E-state index contributed by atoms with van der Waals surface area (Å²) in [5, 5.41) is 8.86. The summed E-state index contributed by atoms with van der Waals surface area (Å²) >= 11 is 11.2. The first-order valence-corrected chi connectivity index (χ1v) is 3.35. The fourth-order valence-corrected chi connectivity index (χ4v) is 1.45. The summed E-state index contributed by atoms with van der Waals surface area (Å²) in [6.45, 7) is 1.71. The Hall–Kier alpha value is 0.540. The highest BCUT2D eigenvalue weighted by atomic mass is 35.5. The zero-order chi connectivity index (χ0) is 6.36. The van der Waals surface area contributed by atoms with E-state index in [4.69, 9.17) is 28.3 Å². The minimum absolute atomic E-state index is 0.103. The number of rotatable bonds is 1. The monoisotopic (exact) mass is 154 g/mol. The molecule has 0 heterocycles. The molecule has 0 bridgehead atoms. The van der Waals surface area contributed by atoms with Crippen LogP contribution >= 0.6 is 23.2 Å². The number of halogens is 2. The minimum atomic E-state index is -0.617. The Morgan fingerprint density at radius 3 is 2.12 bits per heavy atom. The van der Waals surface area contributed by atoms with Crippen LogP contribution < -0.4 is 0 Å². The zero-order valence-electron chi connectivity index (χ0n) is 4.56. The number of aliphatic hydroxyl groups is 1. The van der Waals surface area contributed by atoms with Crippen molar-refractivity contribution in [3.05, 3.63) is 0 Å². The molecule has 0 unspecified atom stereocenters. The molecule has 1 saturated carbocycles. The van der Waals surface area contributed by atoms with Gasteiger partial charge in [-0.1, -0.05) is 0 Å². The molecule has 0 radical (unpaired) electrons. The lowest BCUT2D eigenvalue weighted by Gasteiger charge is -2.00. The van der Waals surface area contributed by atoms with Gasteiger partial charge in [-0.2, -0.15) is 0 Å². The van der Waals surface area contributed by atoms with Crippen molar-refractivity contribution >= 4 is 23.2 Å². The minimum Gasteiger partial charge on any atom is -0.393 e. The van der Waals surface area contributed by atoms with E-state index in [2.05, 4.69) is 0 Å². The van der Waals surface area contributed by atoms with Gasteiger partial charge in [0.2, 0.25) is 0 Å². The molecule has 48 valence electrons. The second-order valence-electron chi connectivity index (χ2n) is 2.31. The van der Waals surface area contributed by atoms with Crippen molar-refractivity contribution < 1.29 is 5.11 Å². The fraction of sp³-hybridized carbons (Fsp3) is 1.00. The zero-order valence-corrected chi connectivity index (χ0v) is 6.08. The molecular weight excluding hydrogens is 147 g/mol. The maximum atomic E-state index is 8.86. The molecule has 8 heavy (non-hydrogen) atoms. The van der Waals surface area contributed by atoms with Crippen molar-refractivity contribution in [3.8, 4) is 0 Å². The molecule has 2 atom stereocenters. The first-order valence-electron chi connectivity index (χ1n) is 2.60. The van der Waals surface area contributed by atoms with Crippen LogP contribution in [0, 0.1) is 5.92 Å². The van der Waals surface area contributed by atoms with E-state index in [9.17, 15) is 0 Å². The molecular formula is C5H8Cl2O. The lowest BCUT2D eigenvalue weighted by molar-refractivity contribution is 0.170. The van der Waals surface area contributed by atoms with E-state index in [1.165, 1.54) is 0 Å². The van der Waals surface area contributed by atoms with Gasteiger partial charge in [0.1, 0.15) is 4.33 Å². The summed E-state index contributed by atoms with van der Waals surface area (Å²) in [5.41, 5.74) is 0. The summed E-state index contributed by atoms with van der Waals surface area (Å²) in [7, 11) is 0. The van der Waals surface area contributed by atoms with Crippen LogP contribution in [-0.2, 0) is 0 Å². The van der Waals surface area contributed by atoms with Crippen LogP contribution in [0.25, 0.3) is 0 Å². The van der Waals surface area contributed by atoms with E-state index in [0.717, 1.165) is 6.42 Å². The molecule has 0 saturated heterocycles. The SMILES string of the molecule is C[C@@H](O)[C@H]1CC1(Cl)Cl. The first kappa shape index (κ1) is 6.66. The predicted molar refractivity (Wildman–Crippen MR) is 34.2 cm³/mol. The molecule has 3 heteroatoms. The predicted octanol–water partition coefficient (Wildman–Crippen LogP) is 1.56. The summed E-state index contributed by atoms with van der Waals surface area (Å²) in [5.74, 6) is 0.103. The molecule has 1 nitrogen and oxygen atoms in total. The number of aliphatic hydroxyl groups excluding tert-OH is 1. The summed E-state index contributed by atoms with van der Waals surface area (Å²) in [4.78, 5) is 0. The maximum absolute atomic E-state index is 8.86. The lowest BCUT2D eigenvalue weighted by atomic mass is 10.3. The smallest absolute Gasteiger partial charge is 0.124 e. The Bertz CT molecular complexity index is 101. The molecule has 1 rings (SSSR count). The van der Waals surface area contributed by atoms with Crippen LogP contribution in [0.4, 0.5) is 0 Å². The third kappa shape index (κ3) is 1.09. The molecule has 1 fully saturated rings. The van der Waals surface area contributed by atoms with E-state index >= 15 is 0 Å². The van der Waals surface area contributed by atoms with Gasteiger partial charge in [0, 0.05) is 5.92 Å². The molecule has 0 spiro atoms. The Morgan fingerprint density at radius 2 is 2.12 bits per heavy atom. The van der Waals surface area contributed by atoms with E-state index in [1.54, 1.807) is 6.92 Å². The van der Waals surface area contributed by atoms with Crippen molar-refractivity contribution in [2.75, 3.05) is 0 Å². The van der Waals surface area contributed by atoms with Gasteiger partial charge in [0.05, 0.1) is 6.10 Å². The Kier molecular flexibility index (Phi) is 1.46. The van der Waals surface area contributed by atoms with Gasteiger partial charge in [-0.05, 0) is 13.3 Å². The number of alkyl halides is 2. The van der Waals surface area contributed by atoms with Gasteiger partial charge < -0.3 is 5.11 Å². The summed E-state index contributed by atoms with van der Waals surface area (Å²) < 4.78 is -0.617. The normalized spacial score (nSPS) is 36.8. The third-order valence-electron chi connectivity index (χ3n) is 1.46. The average molecular weight is 155 g/mol. The van der Waals surface area contributed by atoms with E-state index in [1.807, 2.05) is 0 Å². The molecule has 1 N–H and O–H groups in total. The fourth-order valence-electron chi connectivity index (χ4n) is 0.758. The largest absolute Gasteiger partial charge is 0.393 e. The molecule has 1 aliphatic carbocycles. The van der Waals surface area contributed by atoms with E-state index in [0.29, 0.717) is 0 Å². The van der Waals surface area contributed by atoms with Crippen LogP contribution in [-0.4, -0.2) is 15.5 Å². The van der Waals surface area contributed by atoms with Gasteiger partial charge in [-0.25, -0.2) is 0 Å².